The van der Waals surface area contributed by atoms with E-state index in [-0.39, 0.29) is 24.6 Å². The number of ether oxygens (including phenoxy) is 3. The molecular formula is C20H19FO5. The van der Waals surface area contributed by atoms with Crippen LogP contribution in [0.3, 0.4) is 0 Å². The number of benzene rings is 2. The molecule has 0 unspecified atom stereocenters. The number of ketones is 1. The second-order valence-electron chi connectivity index (χ2n) is 5.92. The highest BCUT2D eigenvalue weighted by Crippen LogP contribution is 2.30. The molecule has 0 aliphatic carbocycles. The van der Waals surface area contributed by atoms with E-state index >= 15 is 0 Å². The molecule has 0 saturated carbocycles. The zero-order valence-electron chi connectivity index (χ0n) is 14.2. The van der Waals surface area contributed by atoms with Crippen molar-refractivity contribution in [1.82, 2.24) is 0 Å². The van der Waals surface area contributed by atoms with Gasteiger partial charge in [-0.1, -0.05) is 12.1 Å². The maximum Gasteiger partial charge on any atom is 0.306 e. The van der Waals surface area contributed by atoms with Crippen molar-refractivity contribution in [3.63, 3.8) is 0 Å². The van der Waals surface area contributed by atoms with Gasteiger partial charge in [-0.25, -0.2) is 4.39 Å². The van der Waals surface area contributed by atoms with Crippen LogP contribution in [0, 0.1) is 5.82 Å². The van der Waals surface area contributed by atoms with Crippen LogP contribution in [0.15, 0.2) is 42.5 Å². The van der Waals surface area contributed by atoms with Crippen molar-refractivity contribution in [2.75, 3.05) is 19.8 Å². The monoisotopic (exact) mass is 358 g/mol. The number of carbonyl (C=O) groups is 2. The van der Waals surface area contributed by atoms with Crippen molar-refractivity contribution >= 4 is 11.8 Å². The van der Waals surface area contributed by atoms with Crippen molar-refractivity contribution in [3.8, 4) is 11.5 Å². The van der Waals surface area contributed by atoms with Crippen LogP contribution in [-0.4, -0.2) is 31.6 Å². The summed E-state index contributed by atoms with van der Waals surface area (Å²) in [6, 6.07) is 10.8. The van der Waals surface area contributed by atoms with E-state index in [1.165, 1.54) is 12.1 Å². The minimum Gasteiger partial charge on any atom is -0.490 e. The Labute approximate surface area is 150 Å². The fourth-order valence-electron chi connectivity index (χ4n) is 2.54. The number of carbonyl (C=O) groups excluding carboxylic acids is 2. The van der Waals surface area contributed by atoms with Crippen LogP contribution in [0.2, 0.25) is 0 Å². The topological polar surface area (TPSA) is 61.8 Å². The lowest BCUT2D eigenvalue weighted by atomic mass is 10.1. The highest BCUT2D eigenvalue weighted by Gasteiger charge is 2.15. The molecule has 1 aliphatic heterocycles. The van der Waals surface area contributed by atoms with Gasteiger partial charge in [0, 0.05) is 18.4 Å². The normalized spacial score (nSPS) is 13.0. The van der Waals surface area contributed by atoms with E-state index in [9.17, 15) is 14.0 Å². The van der Waals surface area contributed by atoms with Gasteiger partial charge in [-0.3, -0.25) is 9.59 Å². The number of aryl methyl sites for hydroxylation is 1. The van der Waals surface area contributed by atoms with E-state index in [4.69, 9.17) is 14.2 Å². The average Bonchev–Trinajstić information content (AvgIpc) is 2.90. The molecule has 136 valence electrons. The van der Waals surface area contributed by atoms with Gasteiger partial charge in [-0.2, -0.15) is 0 Å². The molecule has 0 bridgehead atoms. The second-order valence-corrected chi connectivity index (χ2v) is 5.92. The van der Waals surface area contributed by atoms with Crippen molar-refractivity contribution in [1.29, 1.82) is 0 Å². The standard InChI is InChI=1S/C20H19FO5/c21-16-6-2-14(3-7-16)4-9-20(23)26-13-17(22)15-5-8-18-19(12-15)25-11-1-10-24-18/h2-3,5-8,12H,1,4,9-11,13H2. The third kappa shape index (κ3) is 4.81. The first-order valence-corrected chi connectivity index (χ1v) is 8.45. The van der Waals surface area contributed by atoms with Gasteiger partial charge in [0.1, 0.15) is 5.82 Å². The summed E-state index contributed by atoms with van der Waals surface area (Å²) in [6.07, 6.45) is 1.33. The number of hydrogen-bond donors (Lipinski definition) is 0. The number of esters is 1. The molecular weight excluding hydrogens is 339 g/mol. The molecule has 0 aromatic heterocycles. The summed E-state index contributed by atoms with van der Waals surface area (Å²) in [5.41, 5.74) is 1.23. The summed E-state index contributed by atoms with van der Waals surface area (Å²) >= 11 is 0. The lowest BCUT2D eigenvalue weighted by molar-refractivity contribution is -0.142. The molecule has 0 spiro atoms. The summed E-state index contributed by atoms with van der Waals surface area (Å²) < 4.78 is 28.9. The van der Waals surface area contributed by atoms with Gasteiger partial charge in [0.15, 0.2) is 23.9 Å². The first-order chi connectivity index (χ1) is 12.6. The number of rotatable bonds is 6. The number of Topliss-reactive ketones (excluding diaryl/α,β-unsaturated/α-hetero) is 1. The number of halogens is 1. The Bertz CT molecular complexity index is 785. The summed E-state index contributed by atoms with van der Waals surface area (Å²) in [5.74, 6) is 0.0242. The first kappa shape index (κ1) is 17.9. The Balaban J connectivity index is 1.49. The molecule has 0 amide bonds. The van der Waals surface area contributed by atoms with Crippen molar-refractivity contribution in [3.05, 3.63) is 59.4 Å². The fraction of sp³-hybridized carbons (Fsp3) is 0.300. The van der Waals surface area contributed by atoms with Crippen LogP contribution in [-0.2, 0) is 16.0 Å². The molecule has 0 radical (unpaired) electrons. The Kier molecular flexibility index (Phi) is 5.84. The quantitative estimate of drug-likeness (QED) is 0.585. The van der Waals surface area contributed by atoms with E-state index < -0.39 is 5.97 Å². The predicted octanol–water partition coefficient (Wildman–Crippen LogP) is 3.35. The SMILES string of the molecule is O=C(CCc1ccc(F)cc1)OCC(=O)c1ccc2c(c1)OCCCO2. The lowest BCUT2D eigenvalue weighted by Crippen LogP contribution is -2.14. The molecule has 0 N–H and O–H groups in total. The van der Waals surface area contributed by atoms with E-state index in [1.807, 2.05) is 0 Å². The Morgan fingerprint density at radius 2 is 1.73 bits per heavy atom. The van der Waals surface area contributed by atoms with Crippen LogP contribution < -0.4 is 9.47 Å². The summed E-state index contributed by atoms with van der Waals surface area (Å²) in [4.78, 5) is 24.0. The van der Waals surface area contributed by atoms with E-state index in [0.717, 1.165) is 12.0 Å². The van der Waals surface area contributed by atoms with Gasteiger partial charge in [0.25, 0.3) is 0 Å². The largest absolute Gasteiger partial charge is 0.490 e. The smallest absolute Gasteiger partial charge is 0.306 e. The Morgan fingerprint density at radius 1 is 1.00 bits per heavy atom. The Hall–Kier alpha value is -2.89. The molecule has 1 aliphatic rings. The molecule has 6 heteroatoms. The lowest BCUT2D eigenvalue weighted by Gasteiger charge is -2.09. The van der Waals surface area contributed by atoms with Crippen LogP contribution in [0.4, 0.5) is 4.39 Å². The summed E-state index contributed by atoms with van der Waals surface area (Å²) in [5, 5.41) is 0. The van der Waals surface area contributed by atoms with Gasteiger partial charge in [0.05, 0.1) is 13.2 Å². The van der Waals surface area contributed by atoms with Crippen LogP contribution in [0.1, 0.15) is 28.8 Å². The molecule has 2 aromatic rings. The molecule has 26 heavy (non-hydrogen) atoms. The van der Waals surface area contributed by atoms with Gasteiger partial charge in [-0.15, -0.1) is 0 Å². The summed E-state index contributed by atoms with van der Waals surface area (Å²) in [6.45, 7) is 0.775. The molecule has 0 atom stereocenters. The van der Waals surface area contributed by atoms with Gasteiger partial charge < -0.3 is 14.2 Å². The van der Waals surface area contributed by atoms with E-state index in [0.29, 0.717) is 36.7 Å². The van der Waals surface area contributed by atoms with Crippen LogP contribution in [0.25, 0.3) is 0 Å². The zero-order chi connectivity index (χ0) is 18.4. The van der Waals surface area contributed by atoms with Crippen molar-refractivity contribution in [2.45, 2.75) is 19.3 Å². The minimum atomic E-state index is -0.475. The molecule has 3 rings (SSSR count). The highest BCUT2D eigenvalue weighted by molar-refractivity contribution is 5.98. The zero-order valence-corrected chi connectivity index (χ0v) is 14.2. The minimum absolute atomic E-state index is 0.125. The molecule has 0 saturated heterocycles. The third-order valence-electron chi connectivity index (χ3n) is 3.96. The van der Waals surface area contributed by atoms with E-state index in [2.05, 4.69) is 0 Å². The molecule has 5 nitrogen and oxygen atoms in total. The molecule has 2 aromatic carbocycles. The van der Waals surface area contributed by atoms with Crippen molar-refractivity contribution < 1.29 is 28.2 Å². The Morgan fingerprint density at radius 3 is 2.50 bits per heavy atom. The van der Waals surface area contributed by atoms with Crippen molar-refractivity contribution in [2.24, 2.45) is 0 Å². The summed E-state index contributed by atoms with van der Waals surface area (Å²) in [7, 11) is 0. The maximum absolute atomic E-state index is 12.8. The second kappa shape index (κ2) is 8.47. The van der Waals surface area contributed by atoms with Crippen LogP contribution >= 0.6 is 0 Å². The molecule has 0 fully saturated rings. The van der Waals surface area contributed by atoms with Gasteiger partial charge in [0.2, 0.25) is 0 Å². The predicted molar refractivity (Wildman–Crippen MR) is 92.1 cm³/mol. The number of hydrogen-bond acceptors (Lipinski definition) is 5. The first-order valence-electron chi connectivity index (χ1n) is 8.45. The fourth-order valence-corrected chi connectivity index (χ4v) is 2.54. The number of fused-ring (bicyclic) bond motifs is 1. The van der Waals surface area contributed by atoms with Gasteiger partial charge in [-0.05, 0) is 42.3 Å². The molecule has 1 heterocycles. The maximum atomic E-state index is 12.8. The van der Waals surface area contributed by atoms with Gasteiger partial charge >= 0.3 is 5.97 Å². The van der Waals surface area contributed by atoms with Crippen LogP contribution in [0.5, 0.6) is 11.5 Å². The third-order valence-corrected chi connectivity index (χ3v) is 3.96. The average molecular weight is 358 g/mol. The highest BCUT2D eigenvalue weighted by atomic mass is 19.1. The van der Waals surface area contributed by atoms with E-state index in [1.54, 1.807) is 30.3 Å².